The summed E-state index contributed by atoms with van der Waals surface area (Å²) in [4.78, 5) is 4.47. The van der Waals surface area contributed by atoms with E-state index in [1.165, 1.54) is 0 Å². The largest absolute Gasteiger partial charge is 0.455 e. The molecule has 0 saturated carbocycles. The van der Waals surface area contributed by atoms with Crippen molar-refractivity contribution in [2.24, 2.45) is 0 Å². The lowest BCUT2D eigenvalue weighted by molar-refractivity contribution is 0.670. The number of para-hydroxylation sites is 2. The molecule has 0 unspecified atom stereocenters. The van der Waals surface area contributed by atoms with E-state index < -0.39 is 0 Å². The first-order chi connectivity index (χ1) is 10.2. The molecule has 2 nitrogen and oxygen atoms in total. The summed E-state index contributed by atoms with van der Waals surface area (Å²) in [5, 5.41) is 2.32. The number of aromatic nitrogens is 1. The number of hydrogen-bond acceptors (Lipinski definition) is 2. The zero-order valence-electron chi connectivity index (χ0n) is 12.1. The quantitative estimate of drug-likeness (QED) is 0.472. The number of aryl methyl sites for hydroxylation is 2. The van der Waals surface area contributed by atoms with Gasteiger partial charge in [-0.3, -0.25) is 4.98 Å². The van der Waals surface area contributed by atoms with E-state index in [1.54, 1.807) is 0 Å². The molecule has 0 radical (unpaired) electrons. The Morgan fingerprint density at radius 3 is 2.57 bits per heavy atom. The fraction of sp³-hybridized carbons (Fsp3) is 0.105. The van der Waals surface area contributed by atoms with E-state index in [-0.39, 0.29) is 0 Å². The normalized spacial score (nSPS) is 11.3. The Labute approximate surface area is 123 Å². The molecule has 0 N–H and O–H groups in total. The molecule has 0 spiro atoms. The van der Waals surface area contributed by atoms with Gasteiger partial charge in [-0.05, 0) is 31.5 Å². The number of hydrogen-bond donors (Lipinski definition) is 0. The van der Waals surface area contributed by atoms with Crippen LogP contribution in [0.25, 0.3) is 33.1 Å². The van der Waals surface area contributed by atoms with Crippen molar-refractivity contribution in [3.05, 3.63) is 66.0 Å². The Bertz CT molecular complexity index is 966. The van der Waals surface area contributed by atoms with Crippen LogP contribution < -0.4 is 0 Å². The van der Waals surface area contributed by atoms with Crippen molar-refractivity contribution in [2.75, 3.05) is 0 Å². The van der Waals surface area contributed by atoms with E-state index in [0.29, 0.717) is 0 Å². The summed E-state index contributed by atoms with van der Waals surface area (Å²) in [7, 11) is 0. The third-order valence-electron chi connectivity index (χ3n) is 3.92. The molecular weight excluding hydrogens is 258 g/mol. The molecule has 0 saturated heterocycles. The molecule has 2 heteroatoms. The molecule has 2 heterocycles. The van der Waals surface area contributed by atoms with Crippen LogP contribution in [0.5, 0.6) is 0 Å². The van der Waals surface area contributed by atoms with Crippen molar-refractivity contribution in [1.82, 2.24) is 4.98 Å². The van der Waals surface area contributed by atoms with Gasteiger partial charge in [0.2, 0.25) is 0 Å². The Balaban J connectivity index is 2.12. The second-order valence-electron chi connectivity index (χ2n) is 5.43. The summed E-state index contributed by atoms with van der Waals surface area (Å²) < 4.78 is 6.11. The molecule has 0 amide bonds. The van der Waals surface area contributed by atoms with Gasteiger partial charge in [0, 0.05) is 33.8 Å². The molecule has 0 atom stereocenters. The molecule has 4 rings (SSSR count). The SMILES string of the molecule is Cc1cnc(C)c(-c2cccc3c2oc2ccccc23)c1. The third kappa shape index (κ3) is 1.83. The number of benzene rings is 2. The van der Waals surface area contributed by atoms with Crippen LogP contribution in [0.1, 0.15) is 11.3 Å². The Morgan fingerprint density at radius 2 is 1.67 bits per heavy atom. The van der Waals surface area contributed by atoms with Gasteiger partial charge in [-0.2, -0.15) is 0 Å². The summed E-state index contributed by atoms with van der Waals surface area (Å²) in [5.74, 6) is 0. The predicted octanol–water partition coefficient (Wildman–Crippen LogP) is 5.26. The highest BCUT2D eigenvalue weighted by Crippen LogP contribution is 2.36. The van der Waals surface area contributed by atoms with Gasteiger partial charge in [0.15, 0.2) is 0 Å². The van der Waals surface area contributed by atoms with Crippen molar-refractivity contribution in [3.8, 4) is 11.1 Å². The lowest BCUT2D eigenvalue weighted by Crippen LogP contribution is -1.89. The number of rotatable bonds is 1. The summed E-state index contributed by atoms with van der Waals surface area (Å²) >= 11 is 0. The highest BCUT2D eigenvalue weighted by atomic mass is 16.3. The van der Waals surface area contributed by atoms with Crippen molar-refractivity contribution >= 4 is 21.9 Å². The van der Waals surface area contributed by atoms with E-state index in [1.807, 2.05) is 31.3 Å². The van der Waals surface area contributed by atoms with Crippen LogP contribution in [0.15, 0.2) is 59.1 Å². The van der Waals surface area contributed by atoms with Crippen LogP contribution in [0, 0.1) is 13.8 Å². The lowest BCUT2D eigenvalue weighted by Gasteiger charge is -2.07. The zero-order chi connectivity index (χ0) is 14.4. The van der Waals surface area contributed by atoms with Crippen LogP contribution in [-0.2, 0) is 0 Å². The molecule has 0 aliphatic carbocycles. The van der Waals surface area contributed by atoms with Gasteiger partial charge < -0.3 is 4.42 Å². The molecule has 0 aliphatic rings. The second-order valence-corrected chi connectivity index (χ2v) is 5.43. The van der Waals surface area contributed by atoms with E-state index >= 15 is 0 Å². The van der Waals surface area contributed by atoms with Crippen LogP contribution in [0.4, 0.5) is 0 Å². The van der Waals surface area contributed by atoms with E-state index in [9.17, 15) is 0 Å². The minimum Gasteiger partial charge on any atom is -0.455 e. The third-order valence-corrected chi connectivity index (χ3v) is 3.92. The molecule has 0 fully saturated rings. The smallest absolute Gasteiger partial charge is 0.143 e. The fourth-order valence-electron chi connectivity index (χ4n) is 2.87. The van der Waals surface area contributed by atoms with Gasteiger partial charge in [-0.25, -0.2) is 0 Å². The van der Waals surface area contributed by atoms with Crippen LogP contribution in [0.2, 0.25) is 0 Å². The summed E-state index contributed by atoms with van der Waals surface area (Å²) in [5.41, 5.74) is 6.29. The predicted molar refractivity (Wildman–Crippen MR) is 86.4 cm³/mol. The van der Waals surface area contributed by atoms with Crippen LogP contribution >= 0.6 is 0 Å². The molecule has 21 heavy (non-hydrogen) atoms. The Hall–Kier alpha value is -2.61. The molecule has 2 aromatic carbocycles. The first-order valence-corrected chi connectivity index (χ1v) is 7.08. The number of fused-ring (bicyclic) bond motifs is 3. The number of furan rings is 1. The summed E-state index contributed by atoms with van der Waals surface area (Å²) in [6.07, 6.45) is 1.90. The van der Waals surface area contributed by atoms with E-state index in [4.69, 9.17) is 4.42 Å². The number of pyridine rings is 1. The van der Waals surface area contributed by atoms with Gasteiger partial charge in [0.1, 0.15) is 11.2 Å². The maximum atomic E-state index is 6.11. The second kappa shape index (κ2) is 4.45. The lowest BCUT2D eigenvalue weighted by atomic mass is 10.0. The maximum absolute atomic E-state index is 6.11. The van der Waals surface area contributed by atoms with Crippen molar-refractivity contribution in [1.29, 1.82) is 0 Å². The average molecular weight is 273 g/mol. The average Bonchev–Trinajstić information content (AvgIpc) is 2.88. The standard InChI is InChI=1S/C19H15NO/c1-12-10-17(13(2)20-11-12)16-8-5-7-15-14-6-3-4-9-18(14)21-19(15)16/h3-11H,1-2H3. The van der Waals surface area contributed by atoms with Gasteiger partial charge >= 0.3 is 0 Å². The molecule has 0 aliphatic heterocycles. The molecule has 4 aromatic rings. The molecule has 102 valence electrons. The van der Waals surface area contributed by atoms with Crippen molar-refractivity contribution in [3.63, 3.8) is 0 Å². The van der Waals surface area contributed by atoms with Gasteiger partial charge in [0.25, 0.3) is 0 Å². The monoisotopic (exact) mass is 273 g/mol. The van der Waals surface area contributed by atoms with Crippen molar-refractivity contribution in [2.45, 2.75) is 13.8 Å². The Kier molecular flexibility index (Phi) is 2.58. The Morgan fingerprint density at radius 1 is 0.857 bits per heavy atom. The first-order valence-electron chi connectivity index (χ1n) is 7.08. The first kappa shape index (κ1) is 12.2. The number of nitrogens with zero attached hydrogens (tertiary/aromatic N) is 1. The fourth-order valence-corrected chi connectivity index (χ4v) is 2.87. The van der Waals surface area contributed by atoms with E-state index in [0.717, 1.165) is 44.3 Å². The summed E-state index contributed by atoms with van der Waals surface area (Å²) in [6.45, 7) is 4.10. The van der Waals surface area contributed by atoms with Gasteiger partial charge in [-0.15, -0.1) is 0 Å². The van der Waals surface area contributed by atoms with Gasteiger partial charge in [0.05, 0.1) is 0 Å². The molecule has 2 aromatic heterocycles. The van der Waals surface area contributed by atoms with Crippen molar-refractivity contribution < 1.29 is 4.42 Å². The van der Waals surface area contributed by atoms with Gasteiger partial charge in [-0.1, -0.05) is 36.4 Å². The van der Waals surface area contributed by atoms with E-state index in [2.05, 4.69) is 42.2 Å². The maximum Gasteiger partial charge on any atom is 0.143 e. The molecule has 0 bridgehead atoms. The highest BCUT2D eigenvalue weighted by Gasteiger charge is 2.13. The minimum absolute atomic E-state index is 0.929. The zero-order valence-corrected chi connectivity index (χ0v) is 12.1. The minimum atomic E-state index is 0.929. The topological polar surface area (TPSA) is 26.0 Å². The highest BCUT2D eigenvalue weighted by molar-refractivity contribution is 6.09. The summed E-state index contributed by atoms with van der Waals surface area (Å²) in [6, 6.07) is 16.6. The molecular formula is C19H15NO. The van der Waals surface area contributed by atoms with Crippen LogP contribution in [-0.4, -0.2) is 4.98 Å². The van der Waals surface area contributed by atoms with Crippen LogP contribution in [0.3, 0.4) is 0 Å².